The van der Waals surface area contributed by atoms with Gasteiger partial charge in [-0.05, 0) is 18.1 Å². The van der Waals surface area contributed by atoms with Crippen LogP contribution in [0.4, 0.5) is 0 Å². The molecule has 2 aromatic rings. The predicted octanol–water partition coefficient (Wildman–Crippen LogP) is 2.82. The molecule has 0 N–H and O–H groups in total. The topological polar surface area (TPSA) is 47.4 Å². The minimum absolute atomic E-state index is 0.0170. The molecule has 5 nitrogen and oxygen atoms in total. The van der Waals surface area contributed by atoms with Gasteiger partial charge in [-0.25, -0.2) is 0 Å². The molecule has 1 aromatic heterocycles. The molecular weight excluding hydrogens is 334 g/mol. The van der Waals surface area contributed by atoms with Crippen LogP contribution in [0.15, 0.2) is 48.8 Å². The Kier molecular flexibility index (Phi) is 6.94. The first-order valence-electron chi connectivity index (χ1n) is 8.80. The summed E-state index contributed by atoms with van der Waals surface area (Å²) in [5.41, 5.74) is 1.31. The van der Waals surface area contributed by atoms with E-state index in [1.165, 1.54) is 5.56 Å². The molecule has 0 spiro atoms. The second-order valence-electron chi connectivity index (χ2n) is 6.20. The molecule has 3 rings (SSSR count). The SMILES string of the molecule is O=C(CCSCc1ccccc1)N1CCCOC(Cn2cccn2)C1. The quantitative estimate of drug-likeness (QED) is 0.713. The first-order chi connectivity index (χ1) is 12.3. The van der Waals surface area contributed by atoms with Gasteiger partial charge in [0.2, 0.25) is 5.91 Å². The smallest absolute Gasteiger partial charge is 0.223 e. The maximum Gasteiger partial charge on any atom is 0.223 e. The molecule has 0 bridgehead atoms. The number of carbonyl (C=O) groups is 1. The van der Waals surface area contributed by atoms with E-state index in [-0.39, 0.29) is 12.0 Å². The summed E-state index contributed by atoms with van der Waals surface area (Å²) in [5, 5.41) is 4.23. The fraction of sp³-hybridized carbons (Fsp3) is 0.474. The standard InChI is InChI=1S/C19H25N3O2S/c23-19(8-13-25-16-17-6-2-1-3-7-17)21-10-5-12-24-18(14-21)15-22-11-4-9-20-22/h1-4,6-7,9,11,18H,5,8,10,12-16H2. The van der Waals surface area contributed by atoms with Crippen molar-refractivity contribution in [1.82, 2.24) is 14.7 Å². The Balaban J connectivity index is 1.42. The van der Waals surface area contributed by atoms with Crippen molar-refractivity contribution >= 4 is 17.7 Å². The van der Waals surface area contributed by atoms with E-state index in [2.05, 4.69) is 29.4 Å². The van der Waals surface area contributed by atoms with Gasteiger partial charge in [0, 0.05) is 50.0 Å². The lowest BCUT2D eigenvalue weighted by molar-refractivity contribution is -0.131. The number of carbonyl (C=O) groups excluding carboxylic acids is 1. The second-order valence-corrected chi connectivity index (χ2v) is 7.31. The van der Waals surface area contributed by atoms with Gasteiger partial charge in [0.25, 0.3) is 0 Å². The summed E-state index contributed by atoms with van der Waals surface area (Å²) >= 11 is 1.82. The van der Waals surface area contributed by atoms with Crippen LogP contribution in [0.2, 0.25) is 0 Å². The van der Waals surface area contributed by atoms with E-state index in [1.807, 2.05) is 39.7 Å². The summed E-state index contributed by atoms with van der Waals surface area (Å²) in [6.45, 7) is 2.85. The zero-order valence-electron chi connectivity index (χ0n) is 14.4. The summed E-state index contributed by atoms with van der Waals surface area (Å²) < 4.78 is 7.75. The zero-order chi connectivity index (χ0) is 17.3. The van der Waals surface area contributed by atoms with Crippen molar-refractivity contribution in [2.45, 2.75) is 31.2 Å². The average Bonchev–Trinajstić information content (AvgIpc) is 3.03. The second kappa shape index (κ2) is 9.63. The van der Waals surface area contributed by atoms with Crippen molar-refractivity contribution in [3.8, 4) is 0 Å². The Morgan fingerprint density at radius 1 is 1.28 bits per heavy atom. The van der Waals surface area contributed by atoms with Crippen molar-refractivity contribution < 1.29 is 9.53 Å². The van der Waals surface area contributed by atoms with Crippen LogP contribution in [0, 0.1) is 0 Å². The number of aromatic nitrogens is 2. The van der Waals surface area contributed by atoms with E-state index in [0.29, 0.717) is 26.1 Å². The van der Waals surface area contributed by atoms with Gasteiger partial charge in [-0.3, -0.25) is 9.48 Å². The lowest BCUT2D eigenvalue weighted by atomic mass is 10.2. The summed E-state index contributed by atoms with van der Waals surface area (Å²) in [7, 11) is 0. The molecule has 0 saturated carbocycles. The van der Waals surface area contributed by atoms with Gasteiger partial charge in [-0.1, -0.05) is 30.3 Å². The van der Waals surface area contributed by atoms with Gasteiger partial charge in [0.05, 0.1) is 12.6 Å². The highest BCUT2D eigenvalue weighted by Crippen LogP contribution is 2.15. The van der Waals surface area contributed by atoms with Crippen molar-refractivity contribution in [2.24, 2.45) is 0 Å². The van der Waals surface area contributed by atoms with Crippen molar-refractivity contribution in [3.63, 3.8) is 0 Å². The van der Waals surface area contributed by atoms with Crippen LogP contribution in [-0.4, -0.2) is 52.1 Å². The molecule has 1 aliphatic heterocycles. The Labute approximate surface area is 153 Å². The van der Waals surface area contributed by atoms with Crippen molar-refractivity contribution in [1.29, 1.82) is 0 Å². The Morgan fingerprint density at radius 2 is 2.16 bits per heavy atom. The summed E-state index contributed by atoms with van der Waals surface area (Å²) in [6, 6.07) is 12.3. The molecule has 1 unspecified atom stereocenters. The van der Waals surface area contributed by atoms with Crippen molar-refractivity contribution in [3.05, 3.63) is 54.4 Å². The maximum absolute atomic E-state index is 12.5. The fourth-order valence-corrected chi connectivity index (χ4v) is 3.82. The molecular formula is C19H25N3O2S. The number of hydrogen-bond donors (Lipinski definition) is 0. The predicted molar refractivity (Wildman–Crippen MR) is 100 cm³/mol. The molecule has 6 heteroatoms. The van der Waals surface area contributed by atoms with Crippen molar-refractivity contribution in [2.75, 3.05) is 25.4 Å². The molecule has 1 saturated heterocycles. The molecule has 0 aliphatic carbocycles. The number of rotatable bonds is 7. The van der Waals surface area contributed by atoms with E-state index in [0.717, 1.165) is 24.5 Å². The minimum Gasteiger partial charge on any atom is -0.374 e. The van der Waals surface area contributed by atoms with Crippen LogP contribution >= 0.6 is 11.8 Å². The minimum atomic E-state index is 0.0170. The number of thioether (sulfide) groups is 1. The number of amides is 1. The summed E-state index contributed by atoms with van der Waals surface area (Å²) in [6.07, 6.45) is 5.21. The molecule has 1 amide bonds. The molecule has 0 radical (unpaired) electrons. The van der Waals surface area contributed by atoms with Crippen LogP contribution in [0.25, 0.3) is 0 Å². The number of nitrogens with zero attached hydrogens (tertiary/aromatic N) is 3. The Bertz CT molecular complexity index is 633. The lowest BCUT2D eigenvalue weighted by Crippen LogP contribution is -2.38. The molecule has 25 heavy (non-hydrogen) atoms. The zero-order valence-corrected chi connectivity index (χ0v) is 15.2. The average molecular weight is 359 g/mol. The van der Waals surface area contributed by atoms with Crippen LogP contribution in [0.5, 0.6) is 0 Å². The molecule has 134 valence electrons. The van der Waals surface area contributed by atoms with E-state index < -0.39 is 0 Å². The van der Waals surface area contributed by atoms with E-state index in [1.54, 1.807) is 6.20 Å². The highest BCUT2D eigenvalue weighted by molar-refractivity contribution is 7.98. The van der Waals surface area contributed by atoms with Gasteiger partial charge in [-0.15, -0.1) is 0 Å². The van der Waals surface area contributed by atoms with E-state index in [9.17, 15) is 4.79 Å². The largest absolute Gasteiger partial charge is 0.374 e. The van der Waals surface area contributed by atoms with Crippen LogP contribution in [0.1, 0.15) is 18.4 Å². The number of hydrogen-bond acceptors (Lipinski definition) is 4. The van der Waals surface area contributed by atoms with Gasteiger partial charge < -0.3 is 9.64 Å². The fourth-order valence-electron chi connectivity index (χ4n) is 2.93. The van der Waals surface area contributed by atoms with Gasteiger partial charge in [-0.2, -0.15) is 16.9 Å². The third-order valence-electron chi connectivity index (χ3n) is 4.22. The van der Waals surface area contributed by atoms with Gasteiger partial charge in [0.1, 0.15) is 0 Å². The highest BCUT2D eigenvalue weighted by Gasteiger charge is 2.22. The first-order valence-corrected chi connectivity index (χ1v) is 9.95. The first kappa shape index (κ1) is 18.0. The third-order valence-corrected chi connectivity index (χ3v) is 5.25. The van der Waals surface area contributed by atoms with Gasteiger partial charge >= 0.3 is 0 Å². The number of ether oxygens (including phenoxy) is 1. The van der Waals surface area contributed by atoms with Crippen LogP contribution in [0.3, 0.4) is 0 Å². The maximum atomic E-state index is 12.5. The molecule has 1 aliphatic rings. The summed E-state index contributed by atoms with van der Waals surface area (Å²) in [5.74, 6) is 2.05. The number of benzene rings is 1. The lowest BCUT2D eigenvalue weighted by Gasteiger charge is -2.24. The van der Waals surface area contributed by atoms with Crippen LogP contribution < -0.4 is 0 Å². The third kappa shape index (κ3) is 5.90. The molecule has 1 aromatic carbocycles. The monoisotopic (exact) mass is 359 g/mol. The van der Waals surface area contributed by atoms with E-state index >= 15 is 0 Å². The highest BCUT2D eigenvalue weighted by atomic mass is 32.2. The van der Waals surface area contributed by atoms with E-state index in [4.69, 9.17) is 4.74 Å². The Morgan fingerprint density at radius 3 is 2.96 bits per heavy atom. The van der Waals surface area contributed by atoms with Crippen LogP contribution in [-0.2, 0) is 21.8 Å². The van der Waals surface area contributed by atoms with Gasteiger partial charge in [0.15, 0.2) is 0 Å². The molecule has 2 heterocycles. The normalized spacial score (nSPS) is 18.1. The molecule has 1 fully saturated rings. The summed E-state index contributed by atoms with van der Waals surface area (Å²) in [4.78, 5) is 14.5. The molecule has 1 atom stereocenters. The Hall–Kier alpha value is -1.79.